The highest BCUT2D eigenvalue weighted by molar-refractivity contribution is 6.29. The Kier molecular flexibility index (Phi) is 5.08. The van der Waals surface area contributed by atoms with Gasteiger partial charge in [0, 0.05) is 18.8 Å². The lowest BCUT2D eigenvalue weighted by Gasteiger charge is -2.08. The lowest BCUT2D eigenvalue weighted by molar-refractivity contribution is 0.412. The van der Waals surface area contributed by atoms with E-state index in [9.17, 15) is 0 Å². The number of anilines is 1. The van der Waals surface area contributed by atoms with E-state index in [1.54, 1.807) is 19.5 Å². The number of pyridine rings is 1. The molecule has 0 unspecified atom stereocenters. The molecule has 0 saturated carbocycles. The van der Waals surface area contributed by atoms with Crippen LogP contribution in [0.3, 0.4) is 0 Å². The Morgan fingerprint density at radius 1 is 1.00 bits per heavy atom. The van der Waals surface area contributed by atoms with Gasteiger partial charge in [-0.15, -0.1) is 0 Å². The minimum atomic E-state index is 0.348. The monoisotopic (exact) mass is 342 g/mol. The zero-order chi connectivity index (χ0) is 16.8. The van der Waals surface area contributed by atoms with Gasteiger partial charge < -0.3 is 14.8 Å². The third-order valence-electron chi connectivity index (χ3n) is 3.16. The number of aromatic nitrogens is 3. The van der Waals surface area contributed by atoms with E-state index in [2.05, 4.69) is 20.3 Å². The Bertz CT molecular complexity index is 794. The largest absolute Gasteiger partial charge is 0.497 e. The fraction of sp³-hybridized carbons (Fsp3) is 0.118. The van der Waals surface area contributed by atoms with Crippen LogP contribution in [0, 0.1) is 0 Å². The summed E-state index contributed by atoms with van der Waals surface area (Å²) in [6, 6.07) is 11.1. The first-order chi connectivity index (χ1) is 11.7. The molecule has 6 nitrogen and oxygen atoms in total. The molecule has 0 atom stereocenters. The van der Waals surface area contributed by atoms with Gasteiger partial charge in [-0.1, -0.05) is 17.7 Å². The molecule has 122 valence electrons. The smallest absolute Gasteiger partial charge is 0.219 e. The van der Waals surface area contributed by atoms with E-state index in [1.165, 1.54) is 6.20 Å². The molecule has 0 bridgehead atoms. The molecule has 0 spiro atoms. The van der Waals surface area contributed by atoms with Gasteiger partial charge in [0.25, 0.3) is 0 Å². The van der Waals surface area contributed by atoms with E-state index in [0.29, 0.717) is 29.1 Å². The fourth-order valence-electron chi connectivity index (χ4n) is 1.96. The summed E-state index contributed by atoms with van der Waals surface area (Å²) in [7, 11) is 1.62. The maximum Gasteiger partial charge on any atom is 0.219 e. The third-order valence-corrected chi connectivity index (χ3v) is 3.34. The molecular formula is C17H15ClN4O2. The number of ether oxygens (including phenoxy) is 2. The molecule has 3 rings (SSSR count). The molecule has 0 radical (unpaired) electrons. The summed E-state index contributed by atoms with van der Waals surface area (Å²) < 4.78 is 10.8. The van der Waals surface area contributed by atoms with Crippen molar-refractivity contribution in [2.45, 2.75) is 6.54 Å². The number of nitrogens with zero attached hydrogens (tertiary/aromatic N) is 3. The Balaban J connectivity index is 1.58. The van der Waals surface area contributed by atoms with Crippen molar-refractivity contribution in [1.82, 2.24) is 15.0 Å². The number of halogens is 1. The van der Waals surface area contributed by atoms with E-state index in [0.717, 1.165) is 11.3 Å². The van der Waals surface area contributed by atoms with Crippen molar-refractivity contribution in [1.29, 1.82) is 0 Å². The zero-order valence-electron chi connectivity index (χ0n) is 12.9. The molecule has 0 aliphatic rings. The quantitative estimate of drug-likeness (QED) is 0.731. The van der Waals surface area contributed by atoms with Crippen molar-refractivity contribution in [3.63, 3.8) is 0 Å². The van der Waals surface area contributed by atoms with Crippen LogP contribution in [0.2, 0.25) is 5.15 Å². The van der Waals surface area contributed by atoms with Crippen LogP contribution in [0.5, 0.6) is 17.4 Å². The van der Waals surface area contributed by atoms with E-state index in [-0.39, 0.29) is 0 Å². The van der Waals surface area contributed by atoms with Crippen molar-refractivity contribution in [2.75, 3.05) is 12.4 Å². The van der Waals surface area contributed by atoms with Crippen molar-refractivity contribution >= 4 is 17.4 Å². The SMILES string of the molecule is COc1ccc(Oc2ccc(CNc3cncc(Cl)n3)cn2)cc1. The van der Waals surface area contributed by atoms with Crippen LogP contribution < -0.4 is 14.8 Å². The molecule has 0 aliphatic carbocycles. The van der Waals surface area contributed by atoms with E-state index in [1.807, 2.05) is 36.4 Å². The molecule has 7 heteroatoms. The number of benzene rings is 1. The molecular weight excluding hydrogens is 328 g/mol. The topological polar surface area (TPSA) is 69.2 Å². The van der Waals surface area contributed by atoms with Gasteiger partial charge in [0.05, 0.1) is 19.5 Å². The van der Waals surface area contributed by atoms with Crippen LogP contribution >= 0.6 is 11.6 Å². The highest BCUT2D eigenvalue weighted by Gasteiger charge is 2.01. The average molecular weight is 343 g/mol. The van der Waals surface area contributed by atoms with Gasteiger partial charge >= 0.3 is 0 Å². The molecule has 0 saturated heterocycles. The normalized spacial score (nSPS) is 10.2. The van der Waals surface area contributed by atoms with Crippen molar-refractivity contribution < 1.29 is 9.47 Å². The molecule has 2 heterocycles. The first-order valence-corrected chi connectivity index (χ1v) is 7.59. The van der Waals surface area contributed by atoms with Crippen LogP contribution in [0.25, 0.3) is 0 Å². The van der Waals surface area contributed by atoms with Crippen LogP contribution in [-0.4, -0.2) is 22.1 Å². The molecule has 0 amide bonds. The Hall–Kier alpha value is -2.86. The van der Waals surface area contributed by atoms with E-state index in [4.69, 9.17) is 21.1 Å². The van der Waals surface area contributed by atoms with Gasteiger partial charge in [0.2, 0.25) is 5.88 Å². The highest BCUT2D eigenvalue weighted by Crippen LogP contribution is 2.22. The predicted octanol–water partition coefficient (Wildman–Crippen LogP) is 3.94. The summed E-state index contributed by atoms with van der Waals surface area (Å²) in [5, 5.41) is 3.48. The van der Waals surface area contributed by atoms with Crippen molar-refractivity contribution in [2.24, 2.45) is 0 Å². The van der Waals surface area contributed by atoms with Crippen LogP contribution in [-0.2, 0) is 6.54 Å². The van der Waals surface area contributed by atoms with Crippen molar-refractivity contribution in [3.8, 4) is 17.4 Å². The Labute approximate surface area is 144 Å². The molecule has 24 heavy (non-hydrogen) atoms. The van der Waals surface area contributed by atoms with Gasteiger partial charge in [0.1, 0.15) is 22.5 Å². The maximum absolute atomic E-state index is 5.79. The standard InChI is InChI=1S/C17H15ClN4O2/c1-23-13-3-5-14(6-4-13)24-17-7-2-12(9-21-17)8-20-16-11-19-10-15(18)22-16/h2-7,9-11H,8H2,1H3,(H,20,22). The molecule has 1 N–H and O–H groups in total. The summed E-state index contributed by atoms with van der Waals surface area (Å²) in [4.78, 5) is 12.4. The van der Waals surface area contributed by atoms with Crippen LogP contribution in [0.4, 0.5) is 5.82 Å². The molecule has 0 aliphatic heterocycles. The van der Waals surface area contributed by atoms with Gasteiger partial charge in [-0.05, 0) is 29.8 Å². The highest BCUT2D eigenvalue weighted by atomic mass is 35.5. The number of nitrogens with one attached hydrogen (secondary N) is 1. The minimum absolute atomic E-state index is 0.348. The first-order valence-electron chi connectivity index (χ1n) is 7.21. The van der Waals surface area contributed by atoms with Gasteiger partial charge in [-0.25, -0.2) is 9.97 Å². The molecule has 3 aromatic rings. The predicted molar refractivity (Wildman–Crippen MR) is 91.7 cm³/mol. The number of rotatable bonds is 6. The fourth-order valence-corrected chi connectivity index (χ4v) is 2.11. The summed E-state index contributed by atoms with van der Waals surface area (Å²) in [5.41, 5.74) is 0.985. The van der Waals surface area contributed by atoms with Crippen LogP contribution in [0.1, 0.15) is 5.56 Å². The molecule has 1 aromatic carbocycles. The first kappa shape index (κ1) is 16.0. The van der Waals surface area contributed by atoms with Gasteiger partial charge in [-0.2, -0.15) is 0 Å². The summed E-state index contributed by atoms with van der Waals surface area (Å²) >= 11 is 5.79. The van der Waals surface area contributed by atoms with E-state index < -0.39 is 0 Å². The van der Waals surface area contributed by atoms with Crippen LogP contribution in [0.15, 0.2) is 55.0 Å². The summed E-state index contributed by atoms with van der Waals surface area (Å²) in [6.45, 7) is 0.560. The Morgan fingerprint density at radius 3 is 2.46 bits per heavy atom. The lowest BCUT2D eigenvalue weighted by Crippen LogP contribution is -2.02. The van der Waals surface area contributed by atoms with Crippen molar-refractivity contribution in [3.05, 3.63) is 65.7 Å². The van der Waals surface area contributed by atoms with Gasteiger partial charge in [0.15, 0.2) is 0 Å². The summed E-state index contributed by atoms with van der Waals surface area (Å²) in [5.74, 6) is 2.61. The maximum atomic E-state index is 5.79. The second kappa shape index (κ2) is 7.61. The number of hydrogen-bond donors (Lipinski definition) is 1. The zero-order valence-corrected chi connectivity index (χ0v) is 13.7. The number of methoxy groups -OCH3 is 1. The van der Waals surface area contributed by atoms with Gasteiger partial charge in [-0.3, -0.25) is 4.98 Å². The Morgan fingerprint density at radius 2 is 1.79 bits per heavy atom. The number of hydrogen-bond acceptors (Lipinski definition) is 6. The lowest BCUT2D eigenvalue weighted by atomic mass is 10.3. The molecule has 2 aromatic heterocycles. The minimum Gasteiger partial charge on any atom is -0.497 e. The van der Waals surface area contributed by atoms with E-state index >= 15 is 0 Å². The third kappa shape index (κ3) is 4.33. The molecule has 0 fully saturated rings. The average Bonchev–Trinajstić information content (AvgIpc) is 2.62. The second-order valence-electron chi connectivity index (χ2n) is 4.86. The second-order valence-corrected chi connectivity index (χ2v) is 5.25. The summed E-state index contributed by atoms with van der Waals surface area (Å²) in [6.07, 6.45) is 4.84.